The number of hydrogen-bond donors (Lipinski definition) is 1. The van der Waals surface area contributed by atoms with E-state index in [-0.39, 0.29) is 12.0 Å². The number of nitrogens with one attached hydrogen (secondary N) is 1. The fourth-order valence-corrected chi connectivity index (χ4v) is 3.55. The number of benzene rings is 1. The van der Waals surface area contributed by atoms with Crippen LogP contribution < -0.4 is 10.1 Å². The number of nitrogens with zero attached hydrogens (tertiary/aromatic N) is 1. The van der Waals surface area contributed by atoms with Crippen molar-refractivity contribution < 1.29 is 61.7 Å². The summed E-state index contributed by atoms with van der Waals surface area (Å²) in [6.07, 6.45) is -0.367. The minimum Gasteiger partial charge on any atom is -0.491 e. The summed E-state index contributed by atoms with van der Waals surface area (Å²) in [5, 5.41) is 2.71. The number of likely N-dealkylation sites (N-methyl/N-ethyl adjacent to an activating group) is 1. The number of amides is 2. The van der Waals surface area contributed by atoms with Crippen LogP contribution in [0.15, 0.2) is 24.3 Å². The normalized spacial score (nSPS) is 11.4. The molecule has 15 nitrogen and oxygen atoms in total. The van der Waals surface area contributed by atoms with Crippen LogP contribution in [0.3, 0.4) is 0 Å². The van der Waals surface area contributed by atoms with Crippen LogP contribution in [-0.4, -0.2) is 162 Å². The van der Waals surface area contributed by atoms with Gasteiger partial charge in [0.1, 0.15) is 18.0 Å². The zero-order valence-corrected chi connectivity index (χ0v) is 30.2. The van der Waals surface area contributed by atoms with Crippen LogP contribution in [0.1, 0.15) is 27.7 Å². The molecule has 0 heterocycles. The second kappa shape index (κ2) is 30.2. The van der Waals surface area contributed by atoms with Gasteiger partial charge >= 0.3 is 6.09 Å². The highest BCUT2D eigenvalue weighted by molar-refractivity contribution is 5.88. The standard InChI is InChI=1S/C34H60N2O13/c1-30(37)35-31-6-8-32(9-7-31)48-29-28-47-27-26-46-25-24-45-23-22-44-21-20-43-19-18-42-17-16-41-15-14-40-13-12-39-11-10-36(5)33(38)49-34(2,3)4/h6-9H,10-29H2,1-5H3,(H,35,37). The highest BCUT2D eigenvalue weighted by Crippen LogP contribution is 2.15. The summed E-state index contributed by atoms with van der Waals surface area (Å²) in [7, 11) is 1.68. The third kappa shape index (κ3) is 30.0. The smallest absolute Gasteiger partial charge is 0.410 e. The highest BCUT2D eigenvalue weighted by Gasteiger charge is 2.19. The number of ether oxygens (including phenoxy) is 11. The van der Waals surface area contributed by atoms with Crippen molar-refractivity contribution in [1.82, 2.24) is 4.90 Å². The second-order valence-electron chi connectivity index (χ2n) is 11.5. The Morgan fingerprint density at radius 2 is 0.878 bits per heavy atom. The maximum absolute atomic E-state index is 11.9. The molecule has 1 rings (SSSR count). The Morgan fingerprint density at radius 1 is 0.551 bits per heavy atom. The maximum Gasteiger partial charge on any atom is 0.410 e. The highest BCUT2D eigenvalue weighted by atomic mass is 16.6. The Labute approximate surface area is 292 Å². The molecule has 0 saturated heterocycles. The largest absolute Gasteiger partial charge is 0.491 e. The van der Waals surface area contributed by atoms with Gasteiger partial charge in [0.05, 0.1) is 119 Å². The SMILES string of the molecule is CC(=O)Nc1ccc(OCCOCCOCCOCCOCCOCCOCCOCCOCCOCCN(C)C(=O)OC(C)(C)C)cc1. The summed E-state index contributed by atoms with van der Waals surface area (Å²) in [5.74, 6) is 0.602. The summed E-state index contributed by atoms with van der Waals surface area (Å²) in [6.45, 7) is 16.3. The molecule has 0 aromatic heterocycles. The number of anilines is 1. The van der Waals surface area contributed by atoms with Gasteiger partial charge in [-0.1, -0.05) is 0 Å². The second-order valence-corrected chi connectivity index (χ2v) is 11.5. The van der Waals surface area contributed by atoms with Gasteiger partial charge in [0.25, 0.3) is 0 Å². The van der Waals surface area contributed by atoms with E-state index in [4.69, 9.17) is 52.1 Å². The van der Waals surface area contributed by atoms with Crippen LogP contribution >= 0.6 is 0 Å². The van der Waals surface area contributed by atoms with E-state index in [2.05, 4.69) is 5.32 Å². The van der Waals surface area contributed by atoms with Crippen molar-refractivity contribution in [3.05, 3.63) is 24.3 Å². The molecule has 0 atom stereocenters. The monoisotopic (exact) mass is 704 g/mol. The third-order valence-corrected chi connectivity index (χ3v) is 5.92. The van der Waals surface area contributed by atoms with Gasteiger partial charge in [-0.25, -0.2) is 4.79 Å². The Bertz CT molecular complexity index is 932. The van der Waals surface area contributed by atoms with E-state index in [0.717, 1.165) is 5.69 Å². The van der Waals surface area contributed by atoms with Crippen LogP contribution in [-0.2, 0) is 52.2 Å². The maximum atomic E-state index is 11.9. The molecular formula is C34H60N2O13. The molecule has 1 aromatic carbocycles. The molecule has 0 bridgehead atoms. The van der Waals surface area contributed by atoms with Crippen molar-refractivity contribution in [3.63, 3.8) is 0 Å². The van der Waals surface area contributed by atoms with Crippen LogP contribution in [0.5, 0.6) is 5.75 Å². The number of rotatable bonds is 32. The molecule has 1 aromatic rings. The average molecular weight is 705 g/mol. The molecule has 0 radical (unpaired) electrons. The molecule has 1 N–H and O–H groups in total. The predicted molar refractivity (Wildman–Crippen MR) is 182 cm³/mol. The van der Waals surface area contributed by atoms with E-state index < -0.39 is 5.60 Å². The molecule has 0 aliphatic rings. The average Bonchev–Trinajstić information content (AvgIpc) is 3.05. The summed E-state index contributed by atoms with van der Waals surface area (Å²) in [5.41, 5.74) is 0.215. The molecule has 0 saturated carbocycles. The summed E-state index contributed by atoms with van der Waals surface area (Å²) < 4.78 is 60.2. The van der Waals surface area contributed by atoms with Gasteiger partial charge in [-0.2, -0.15) is 0 Å². The van der Waals surface area contributed by atoms with Gasteiger partial charge in [0, 0.05) is 26.2 Å². The molecule has 2 amide bonds. The van der Waals surface area contributed by atoms with Gasteiger partial charge in [0.2, 0.25) is 5.91 Å². The van der Waals surface area contributed by atoms with Crippen LogP contribution in [0, 0.1) is 0 Å². The zero-order valence-electron chi connectivity index (χ0n) is 30.2. The Balaban J connectivity index is 1.70. The van der Waals surface area contributed by atoms with Crippen molar-refractivity contribution in [2.75, 3.05) is 144 Å². The van der Waals surface area contributed by atoms with Crippen molar-refractivity contribution >= 4 is 17.7 Å². The van der Waals surface area contributed by atoms with Crippen molar-refractivity contribution in [2.45, 2.75) is 33.3 Å². The van der Waals surface area contributed by atoms with Gasteiger partial charge in [-0.15, -0.1) is 0 Å². The lowest BCUT2D eigenvalue weighted by Crippen LogP contribution is -2.36. The first-order chi connectivity index (χ1) is 23.7. The lowest BCUT2D eigenvalue weighted by molar-refractivity contribution is -0.114. The number of carbonyl (C=O) groups is 2. The molecule has 0 aliphatic heterocycles. The van der Waals surface area contributed by atoms with E-state index in [9.17, 15) is 9.59 Å². The third-order valence-electron chi connectivity index (χ3n) is 5.92. The summed E-state index contributed by atoms with van der Waals surface area (Å²) in [6, 6.07) is 7.16. The van der Waals surface area contributed by atoms with Gasteiger partial charge in [0.15, 0.2) is 0 Å². The molecule has 49 heavy (non-hydrogen) atoms. The molecule has 0 fully saturated rings. The molecule has 284 valence electrons. The van der Waals surface area contributed by atoms with Crippen LogP contribution in [0.2, 0.25) is 0 Å². The van der Waals surface area contributed by atoms with Gasteiger partial charge < -0.3 is 62.3 Å². The Kier molecular flexibility index (Phi) is 27.4. The van der Waals surface area contributed by atoms with Crippen molar-refractivity contribution in [2.24, 2.45) is 0 Å². The summed E-state index contributed by atoms with van der Waals surface area (Å²) in [4.78, 5) is 24.4. The Morgan fingerprint density at radius 3 is 1.20 bits per heavy atom. The fourth-order valence-electron chi connectivity index (χ4n) is 3.55. The number of hydrogen-bond acceptors (Lipinski definition) is 13. The first kappa shape index (κ1) is 44.4. The van der Waals surface area contributed by atoms with E-state index in [0.29, 0.717) is 138 Å². The number of carbonyl (C=O) groups excluding carboxylic acids is 2. The molecule has 0 unspecified atom stereocenters. The summed E-state index contributed by atoms with van der Waals surface area (Å²) >= 11 is 0. The van der Waals surface area contributed by atoms with Crippen molar-refractivity contribution in [3.8, 4) is 5.75 Å². The zero-order chi connectivity index (χ0) is 35.8. The minimum absolute atomic E-state index is 0.111. The van der Waals surface area contributed by atoms with Crippen LogP contribution in [0.25, 0.3) is 0 Å². The van der Waals surface area contributed by atoms with Crippen molar-refractivity contribution in [1.29, 1.82) is 0 Å². The molecule has 0 aliphatic carbocycles. The van der Waals surface area contributed by atoms with E-state index in [1.807, 2.05) is 20.8 Å². The van der Waals surface area contributed by atoms with E-state index >= 15 is 0 Å². The lowest BCUT2D eigenvalue weighted by atomic mass is 10.2. The minimum atomic E-state index is -0.513. The topological polar surface area (TPSA) is 151 Å². The van der Waals surface area contributed by atoms with Gasteiger partial charge in [-0.3, -0.25) is 4.79 Å². The molecular weight excluding hydrogens is 644 g/mol. The molecule has 15 heteroatoms. The fraction of sp³-hybridized carbons (Fsp3) is 0.765. The van der Waals surface area contributed by atoms with E-state index in [1.54, 1.807) is 31.3 Å². The first-order valence-electron chi connectivity index (χ1n) is 16.8. The van der Waals surface area contributed by atoms with E-state index in [1.165, 1.54) is 11.8 Å². The van der Waals surface area contributed by atoms with Gasteiger partial charge in [-0.05, 0) is 45.0 Å². The predicted octanol–water partition coefficient (Wildman–Crippen LogP) is 3.04. The quantitative estimate of drug-likeness (QED) is 0.110. The lowest BCUT2D eigenvalue weighted by Gasteiger charge is -2.24. The Hall–Kier alpha value is -2.60. The first-order valence-corrected chi connectivity index (χ1v) is 16.8. The van der Waals surface area contributed by atoms with Crippen LogP contribution in [0.4, 0.5) is 10.5 Å². The molecule has 0 spiro atoms.